The van der Waals surface area contributed by atoms with E-state index in [2.05, 4.69) is 0 Å². The summed E-state index contributed by atoms with van der Waals surface area (Å²) in [5.74, 6) is 2.05. The molecule has 1 heterocycles. The van der Waals surface area contributed by atoms with Crippen LogP contribution in [0.1, 0.15) is 5.56 Å². The lowest BCUT2D eigenvalue weighted by atomic mass is 9.96. The Balaban J connectivity index is 1.70. The lowest BCUT2D eigenvalue weighted by Crippen LogP contribution is -2.19. The third kappa shape index (κ3) is 3.72. The second kappa shape index (κ2) is 8.61. The van der Waals surface area contributed by atoms with Gasteiger partial charge < -0.3 is 23.7 Å². The van der Waals surface area contributed by atoms with Gasteiger partial charge in [-0.15, -0.1) is 0 Å². The van der Waals surface area contributed by atoms with Crippen LogP contribution >= 0.6 is 0 Å². The first kappa shape index (κ1) is 19.9. The molecule has 160 valence electrons. The third-order valence-corrected chi connectivity index (χ3v) is 5.24. The maximum atomic E-state index is 11.3. The van der Waals surface area contributed by atoms with Gasteiger partial charge in [0.2, 0.25) is 0 Å². The number of hydrogen-bond acceptors (Lipinski definition) is 6. The zero-order valence-electron chi connectivity index (χ0n) is 17.3. The number of carbonyl (C=O) groups excluding carboxylic acids is 1. The van der Waals surface area contributed by atoms with E-state index in [1.165, 1.54) is 7.11 Å². The first-order valence-electron chi connectivity index (χ1n) is 10.1. The van der Waals surface area contributed by atoms with Gasteiger partial charge in [0, 0.05) is 29.5 Å². The van der Waals surface area contributed by atoms with Crippen LogP contribution < -0.4 is 18.9 Å². The van der Waals surface area contributed by atoms with E-state index >= 15 is 0 Å². The van der Waals surface area contributed by atoms with E-state index in [1.807, 2.05) is 72.8 Å². The molecule has 0 saturated heterocycles. The van der Waals surface area contributed by atoms with Crippen molar-refractivity contribution in [1.82, 2.24) is 0 Å². The van der Waals surface area contributed by atoms with Crippen molar-refractivity contribution in [3.63, 3.8) is 0 Å². The summed E-state index contributed by atoms with van der Waals surface area (Å²) in [4.78, 5) is 11.3. The minimum absolute atomic E-state index is 0.357. The molecule has 6 nitrogen and oxygen atoms in total. The molecule has 1 unspecified atom stereocenters. The lowest BCUT2D eigenvalue weighted by molar-refractivity contribution is -0.157. The smallest absolute Gasteiger partial charge is 0.360 e. The third-order valence-electron chi connectivity index (χ3n) is 5.24. The van der Waals surface area contributed by atoms with Crippen LogP contribution in [0.2, 0.25) is 0 Å². The van der Waals surface area contributed by atoms with Crippen LogP contribution in [0.25, 0.3) is 21.9 Å². The molecule has 0 N–H and O–H groups in total. The molecular weight excluding hydrogens is 408 g/mol. The van der Waals surface area contributed by atoms with Crippen molar-refractivity contribution in [2.45, 2.75) is 13.1 Å². The predicted molar refractivity (Wildman–Crippen MR) is 119 cm³/mol. The minimum atomic E-state index is -0.818. The predicted octanol–water partition coefficient (Wildman–Crippen LogP) is 5.32. The maximum Gasteiger partial charge on any atom is 0.360 e. The Morgan fingerprint density at radius 2 is 1.50 bits per heavy atom. The van der Waals surface area contributed by atoms with E-state index in [0.717, 1.165) is 27.5 Å². The van der Waals surface area contributed by atoms with E-state index in [9.17, 15) is 4.79 Å². The van der Waals surface area contributed by atoms with Crippen molar-refractivity contribution in [1.29, 1.82) is 0 Å². The highest BCUT2D eigenvalue weighted by Crippen LogP contribution is 2.48. The maximum absolute atomic E-state index is 11.3. The zero-order chi connectivity index (χ0) is 21.9. The zero-order valence-corrected chi connectivity index (χ0v) is 17.3. The van der Waals surface area contributed by atoms with Crippen LogP contribution in [-0.2, 0) is 16.1 Å². The summed E-state index contributed by atoms with van der Waals surface area (Å²) >= 11 is 0. The second-order valence-corrected chi connectivity index (χ2v) is 7.21. The van der Waals surface area contributed by atoms with Crippen molar-refractivity contribution in [3.8, 4) is 34.1 Å². The van der Waals surface area contributed by atoms with E-state index in [-0.39, 0.29) is 0 Å². The molecule has 0 spiro atoms. The van der Waals surface area contributed by atoms with Crippen molar-refractivity contribution >= 4 is 17.2 Å². The lowest BCUT2D eigenvalue weighted by Gasteiger charge is -2.17. The van der Waals surface area contributed by atoms with E-state index in [0.29, 0.717) is 36.1 Å². The first-order chi connectivity index (χ1) is 15.8. The number of ether oxygens (including phenoxy) is 5. The normalized spacial score (nSPS) is 14.3. The van der Waals surface area contributed by atoms with Gasteiger partial charge in [-0.25, -0.2) is 0 Å². The standard InChI is InChI=1S/C26H20O6/c1-28-26-31-22-12-19-20(13-23(22)32-26)25(18-10-6-3-7-11-18)24(30-16-27)14-21(19)29-15-17-8-4-2-5-9-17/h2-14,16,26H,15H2,1H3. The molecule has 0 radical (unpaired) electrons. The summed E-state index contributed by atoms with van der Waals surface area (Å²) in [7, 11) is 1.51. The van der Waals surface area contributed by atoms with Crippen molar-refractivity contribution in [2.24, 2.45) is 0 Å². The SMILES string of the molecule is COC1Oc2cc3c(OCc4ccccc4)cc(OC=O)c(-c4ccccc4)c3cc2O1. The largest absolute Gasteiger partial charge is 0.488 e. The Kier molecular flexibility index (Phi) is 5.35. The summed E-state index contributed by atoms with van der Waals surface area (Å²) in [5.41, 5.74) is 2.67. The van der Waals surface area contributed by atoms with Crippen molar-refractivity contribution in [2.75, 3.05) is 7.11 Å². The van der Waals surface area contributed by atoms with Crippen LogP contribution in [-0.4, -0.2) is 20.1 Å². The van der Waals surface area contributed by atoms with Crippen LogP contribution in [0, 0.1) is 0 Å². The molecule has 4 aromatic rings. The summed E-state index contributed by atoms with van der Waals surface area (Å²) in [6.07, 6.45) is 0. The Hall–Kier alpha value is -4.03. The molecule has 4 aromatic carbocycles. The average Bonchev–Trinajstić information content (AvgIpc) is 3.25. The van der Waals surface area contributed by atoms with Crippen molar-refractivity contribution < 1.29 is 28.5 Å². The molecule has 1 aliphatic rings. The number of carbonyl (C=O) groups is 1. The van der Waals surface area contributed by atoms with Gasteiger partial charge in [0.05, 0.1) is 0 Å². The fraction of sp³-hybridized carbons (Fsp3) is 0.115. The van der Waals surface area contributed by atoms with Crippen LogP contribution in [0.3, 0.4) is 0 Å². The summed E-state index contributed by atoms with van der Waals surface area (Å²) in [5, 5.41) is 1.61. The van der Waals surface area contributed by atoms with Gasteiger partial charge in [-0.05, 0) is 23.3 Å². The number of benzene rings is 4. The highest BCUT2D eigenvalue weighted by atomic mass is 16.9. The van der Waals surface area contributed by atoms with Gasteiger partial charge in [-0.1, -0.05) is 60.7 Å². The Labute approximate surface area is 184 Å². The van der Waals surface area contributed by atoms with Crippen LogP contribution in [0.15, 0.2) is 78.9 Å². The molecule has 0 amide bonds. The van der Waals surface area contributed by atoms with E-state index in [1.54, 1.807) is 6.07 Å². The highest BCUT2D eigenvalue weighted by molar-refractivity contribution is 6.05. The topological polar surface area (TPSA) is 63.2 Å². The van der Waals surface area contributed by atoms with E-state index < -0.39 is 6.48 Å². The highest BCUT2D eigenvalue weighted by Gasteiger charge is 2.27. The first-order valence-corrected chi connectivity index (χ1v) is 10.1. The molecule has 0 aliphatic carbocycles. The number of hydrogen-bond donors (Lipinski definition) is 0. The number of methoxy groups -OCH3 is 1. The van der Waals surface area contributed by atoms with Crippen molar-refractivity contribution in [3.05, 3.63) is 84.4 Å². The fourth-order valence-corrected chi connectivity index (χ4v) is 3.79. The molecular formula is C26H20O6. The molecule has 0 bridgehead atoms. The Bertz CT molecular complexity index is 1250. The van der Waals surface area contributed by atoms with Gasteiger partial charge in [0.15, 0.2) is 11.5 Å². The molecule has 0 fully saturated rings. The summed E-state index contributed by atoms with van der Waals surface area (Å²) in [6.45, 7) is -0.0416. The minimum Gasteiger partial charge on any atom is -0.488 e. The van der Waals surface area contributed by atoms with Gasteiger partial charge in [0.1, 0.15) is 18.1 Å². The Morgan fingerprint density at radius 3 is 2.16 bits per heavy atom. The monoisotopic (exact) mass is 428 g/mol. The van der Waals surface area contributed by atoms with Gasteiger partial charge in [0.25, 0.3) is 6.47 Å². The number of rotatable bonds is 7. The second-order valence-electron chi connectivity index (χ2n) is 7.21. The molecule has 6 heteroatoms. The molecule has 0 saturated carbocycles. The van der Waals surface area contributed by atoms with Crippen LogP contribution in [0.4, 0.5) is 0 Å². The Morgan fingerprint density at radius 1 is 0.844 bits per heavy atom. The molecule has 1 atom stereocenters. The molecule has 32 heavy (non-hydrogen) atoms. The van der Waals surface area contributed by atoms with Crippen LogP contribution in [0.5, 0.6) is 23.0 Å². The van der Waals surface area contributed by atoms with Gasteiger partial charge in [-0.2, -0.15) is 0 Å². The molecule has 5 rings (SSSR count). The number of fused-ring (bicyclic) bond motifs is 2. The summed E-state index contributed by atoms with van der Waals surface area (Å²) in [6, 6.07) is 25.0. The van der Waals surface area contributed by atoms with E-state index in [4.69, 9.17) is 23.7 Å². The molecule has 1 aliphatic heterocycles. The fourth-order valence-electron chi connectivity index (χ4n) is 3.79. The molecule has 0 aromatic heterocycles. The average molecular weight is 428 g/mol. The van der Waals surface area contributed by atoms with Gasteiger partial charge >= 0.3 is 6.48 Å². The quantitative estimate of drug-likeness (QED) is 0.371. The summed E-state index contributed by atoms with van der Waals surface area (Å²) < 4.78 is 28.2. The van der Waals surface area contributed by atoms with Gasteiger partial charge in [-0.3, -0.25) is 4.79 Å².